The Morgan fingerprint density at radius 1 is 0.889 bits per heavy atom. The largest absolute Gasteiger partial charge is 1.00 e. The molecule has 0 unspecified atom stereocenters. The topological polar surface area (TPSA) is 95.9 Å². The van der Waals surface area contributed by atoms with Crippen molar-refractivity contribution in [3.63, 3.8) is 0 Å². The molecule has 1 N–H and O–H groups in total. The van der Waals surface area contributed by atoms with E-state index in [-0.39, 0.29) is 36.2 Å². The monoisotopic (exact) mass is 414 g/mol. The molecule has 1 rings (SSSR count). The van der Waals surface area contributed by atoms with Gasteiger partial charge in [0.1, 0.15) is 5.75 Å². The van der Waals surface area contributed by atoms with Crippen molar-refractivity contribution in [3.8, 4) is 5.75 Å². The number of benzene rings is 1. The van der Waals surface area contributed by atoms with Crippen LogP contribution in [0.4, 0.5) is 0 Å². The van der Waals surface area contributed by atoms with Crippen molar-refractivity contribution in [1.82, 2.24) is 0 Å². The van der Waals surface area contributed by atoms with Gasteiger partial charge >= 0.3 is 29.6 Å². The minimum absolute atomic E-state index is 0. The number of phenolic OH excluding ortho intramolecular Hbond substituents is 1. The second-order valence-corrected chi connectivity index (χ2v) is 6.52. The summed E-state index contributed by atoms with van der Waals surface area (Å²) in [6.07, 6.45) is 7.55. The van der Waals surface area contributed by atoms with Crippen molar-refractivity contribution >= 4 is 10.4 Å². The summed E-state index contributed by atoms with van der Waals surface area (Å²) in [5.41, 5.74) is 0. The Labute approximate surface area is 187 Å². The third-order valence-electron chi connectivity index (χ3n) is 3.14. The molecule has 8 heteroatoms. The normalized spacial score (nSPS) is 9.93. The molecule has 0 spiro atoms. The van der Waals surface area contributed by atoms with Crippen LogP contribution in [0, 0.1) is 0 Å². The number of para-hydroxylation sites is 1. The van der Waals surface area contributed by atoms with E-state index in [1.165, 1.54) is 25.7 Å². The number of ether oxygens (including phenoxy) is 1. The molecular weight excluding hydrogens is 379 g/mol. The Morgan fingerprint density at radius 3 is 1.70 bits per heavy atom. The van der Waals surface area contributed by atoms with Crippen LogP contribution >= 0.6 is 0 Å². The molecule has 6 nitrogen and oxygen atoms in total. The van der Waals surface area contributed by atoms with Gasteiger partial charge in [-0.15, -0.1) is 0 Å². The van der Waals surface area contributed by atoms with Crippen LogP contribution in [0.2, 0.25) is 0 Å². The fraction of sp³-hybridized carbons (Fsp3) is 0.684. The minimum Gasteiger partial charge on any atom is -0.726 e. The maximum absolute atomic E-state index is 10.0. The summed E-state index contributed by atoms with van der Waals surface area (Å²) in [6.45, 7) is 7.85. The Hall–Kier alpha value is -0.150. The van der Waals surface area contributed by atoms with Gasteiger partial charge in [-0.3, -0.25) is 4.18 Å². The van der Waals surface area contributed by atoms with Crippen molar-refractivity contribution in [3.05, 3.63) is 30.3 Å². The van der Waals surface area contributed by atoms with Crippen molar-refractivity contribution in [2.75, 3.05) is 19.8 Å². The Kier molecular flexibility index (Phi) is 27.9. The molecule has 0 aliphatic rings. The number of unbranched alkanes of at least 4 members (excludes halogenated alkanes) is 6. The molecule has 1 aromatic rings. The van der Waals surface area contributed by atoms with Crippen molar-refractivity contribution < 1.29 is 56.6 Å². The first-order valence-electron chi connectivity index (χ1n) is 9.29. The summed E-state index contributed by atoms with van der Waals surface area (Å²) >= 11 is 0. The quantitative estimate of drug-likeness (QED) is 0.256. The molecule has 0 saturated heterocycles. The molecule has 0 saturated carbocycles. The summed E-state index contributed by atoms with van der Waals surface area (Å²) in [5, 5.41) is 8.63. The number of aromatic hydroxyl groups is 1. The van der Waals surface area contributed by atoms with Gasteiger partial charge in [-0.2, -0.15) is 0 Å². The smallest absolute Gasteiger partial charge is 0.726 e. The molecule has 0 aliphatic carbocycles. The first-order valence-corrected chi connectivity index (χ1v) is 10.6. The molecule has 0 amide bonds. The molecule has 0 atom stereocenters. The number of hydrogen-bond donors (Lipinski definition) is 1. The van der Waals surface area contributed by atoms with Crippen LogP contribution in [-0.2, 0) is 19.3 Å². The average molecular weight is 415 g/mol. The predicted molar refractivity (Wildman–Crippen MR) is 104 cm³/mol. The van der Waals surface area contributed by atoms with Gasteiger partial charge in [0.2, 0.25) is 10.4 Å². The third kappa shape index (κ3) is 33.8. The van der Waals surface area contributed by atoms with Gasteiger partial charge in [0, 0.05) is 13.2 Å². The van der Waals surface area contributed by atoms with Crippen LogP contribution in [0.15, 0.2) is 30.3 Å². The van der Waals surface area contributed by atoms with E-state index in [9.17, 15) is 13.0 Å². The molecule has 0 radical (unpaired) electrons. The van der Waals surface area contributed by atoms with Crippen LogP contribution in [0.5, 0.6) is 5.75 Å². The summed E-state index contributed by atoms with van der Waals surface area (Å²) in [7, 11) is -4.48. The first-order chi connectivity index (χ1) is 12.4. The van der Waals surface area contributed by atoms with E-state index in [1.807, 2.05) is 19.9 Å². The zero-order valence-electron chi connectivity index (χ0n) is 17.4. The number of rotatable bonds is 11. The standard InChI is InChI=1S/C9H20O4S.C6H6O.C4H10O.Na/c1-2-3-4-5-6-7-8-9-13-14(10,11)12;7-6-4-2-1-3-5-6;1-3-5-4-2;/h2-9H2,1H3,(H,10,11,12);1-5,7H;3-4H2,1-2H3;/q;;;+1/p-1. The molecule has 0 bridgehead atoms. The van der Waals surface area contributed by atoms with E-state index in [2.05, 4.69) is 11.1 Å². The van der Waals surface area contributed by atoms with Crippen LogP contribution in [0.3, 0.4) is 0 Å². The maximum Gasteiger partial charge on any atom is 1.00 e. The van der Waals surface area contributed by atoms with Gasteiger partial charge in [-0.1, -0.05) is 63.6 Å². The van der Waals surface area contributed by atoms with Gasteiger partial charge in [-0.25, -0.2) is 8.42 Å². The predicted octanol–water partition coefficient (Wildman–Crippen LogP) is 1.65. The second-order valence-electron chi connectivity index (χ2n) is 5.47. The van der Waals surface area contributed by atoms with Gasteiger partial charge in [-0.05, 0) is 32.4 Å². The summed E-state index contributed by atoms with van der Waals surface area (Å²) in [4.78, 5) is 0. The molecule has 1 aromatic carbocycles. The van der Waals surface area contributed by atoms with E-state index < -0.39 is 10.4 Å². The second kappa shape index (κ2) is 23.9. The first kappa shape index (κ1) is 31.5. The van der Waals surface area contributed by atoms with E-state index in [4.69, 9.17) is 9.84 Å². The number of phenols is 1. The van der Waals surface area contributed by atoms with Gasteiger partial charge in [0.15, 0.2) is 0 Å². The fourth-order valence-corrected chi connectivity index (χ4v) is 2.17. The van der Waals surface area contributed by atoms with Crippen LogP contribution in [0.25, 0.3) is 0 Å². The Balaban J connectivity index is -0.000000368. The van der Waals surface area contributed by atoms with Gasteiger partial charge in [0.25, 0.3) is 0 Å². The summed E-state index contributed by atoms with van der Waals surface area (Å²) in [6, 6.07) is 8.71. The molecule has 0 heterocycles. The molecule has 154 valence electrons. The van der Waals surface area contributed by atoms with Gasteiger partial charge < -0.3 is 14.4 Å². The molecule has 0 fully saturated rings. The Bertz CT molecular complexity index is 480. The SMILES string of the molecule is CCCCCCCCCOS(=O)(=O)[O-].CCOCC.Oc1ccccc1.[Na+]. The van der Waals surface area contributed by atoms with Crippen molar-refractivity contribution in [2.24, 2.45) is 0 Å². The van der Waals surface area contributed by atoms with Crippen LogP contribution in [0.1, 0.15) is 65.7 Å². The minimum atomic E-state index is -4.48. The molecule has 0 aromatic heterocycles. The van der Waals surface area contributed by atoms with Crippen molar-refractivity contribution in [2.45, 2.75) is 65.7 Å². The summed E-state index contributed by atoms with van der Waals surface area (Å²) < 4.78 is 39.0. The zero-order valence-corrected chi connectivity index (χ0v) is 20.2. The molecular formula is C19H35NaO6S. The van der Waals surface area contributed by atoms with Crippen LogP contribution in [-0.4, -0.2) is 37.9 Å². The Morgan fingerprint density at radius 2 is 1.37 bits per heavy atom. The van der Waals surface area contributed by atoms with Crippen molar-refractivity contribution in [1.29, 1.82) is 0 Å². The van der Waals surface area contributed by atoms with Gasteiger partial charge in [0.05, 0.1) is 6.61 Å². The molecule has 27 heavy (non-hydrogen) atoms. The maximum atomic E-state index is 10.0. The zero-order chi connectivity index (χ0) is 20.1. The number of hydrogen-bond acceptors (Lipinski definition) is 6. The van der Waals surface area contributed by atoms with E-state index >= 15 is 0 Å². The van der Waals surface area contributed by atoms with E-state index in [0.717, 1.165) is 26.1 Å². The van der Waals surface area contributed by atoms with Crippen LogP contribution < -0.4 is 29.6 Å². The molecule has 0 aliphatic heterocycles. The van der Waals surface area contributed by atoms with E-state index in [0.29, 0.717) is 12.2 Å². The average Bonchev–Trinajstić information content (AvgIpc) is 2.59. The fourth-order valence-electron chi connectivity index (χ4n) is 1.85. The summed E-state index contributed by atoms with van der Waals surface area (Å²) in [5.74, 6) is 0.322. The van der Waals surface area contributed by atoms with E-state index in [1.54, 1.807) is 24.3 Å². The third-order valence-corrected chi connectivity index (χ3v) is 3.60.